The van der Waals surface area contributed by atoms with Crippen molar-refractivity contribution in [2.45, 2.75) is 11.0 Å². The third-order valence-electron chi connectivity index (χ3n) is 2.08. The molecule has 1 unspecified atom stereocenters. The standard InChI is InChI=1S/C10H15NO5S/c1-16-9-4-2-3-5-10(9)17(14,15)11-6-8(13)7-12/h2-5,8,11-13H,6-7H2,1H3. The Balaban J connectivity index is 2.89. The SMILES string of the molecule is COc1ccccc1S(=O)(=O)NCC(O)CO. The van der Waals surface area contributed by atoms with E-state index in [1.54, 1.807) is 12.1 Å². The maximum absolute atomic E-state index is 11.8. The van der Waals surface area contributed by atoms with E-state index in [4.69, 9.17) is 14.9 Å². The zero-order valence-corrected chi connectivity index (χ0v) is 10.1. The molecule has 17 heavy (non-hydrogen) atoms. The van der Waals surface area contributed by atoms with Gasteiger partial charge in [-0.3, -0.25) is 0 Å². The van der Waals surface area contributed by atoms with Gasteiger partial charge in [0, 0.05) is 6.54 Å². The smallest absolute Gasteiger partial charge is 0.244 e. The van der Waals surface area contributed by atoms with Crippen LogP contribution in [-0.4, -0.2) is 45.0 Å². The molecular weight excluding hydrogens is 246 g/mol. The van der Waals surface area contributed by atoms with E-state index in [0.717, 1.165) is 0 Å². The van der Waals surface area contributed by atoms with Crippen LogP contribution in [0.15, 0.2) is 29.2 Å². The lowest BCUT2D eigenvalue weighted by Gasteiger charge is -2.12. The van der Waals surface area contributed by atoms with Crippen LogP contribution in [0.2, 0.25) is 0 Å². The summed E-state index contributed by atoms with van der Waals surface area (Å²) in [6.45, 7) is -0.759. The van der Waals surface area contributed by atoms with Gasteiger partial charge in [0.25, 0.3) is 0 Å². The molecule has 0 aromatic heterocycles. The molecule has 0 saturated carbocycles. The number of aliphatic hydroxyl groups excluding tert-OH is 2. The number of para-hydroxylation sites is 1. The highest BCUT2D eigenvalue weighted by molar-refractivity contribution is 7.89. The fraction of sp³-hybridized carbons (Fsp3) is 0.400. The normalized spacial score (nSPS) is 13.4. The van der Waals surface area contributed by atoms with Crippen molar-refractivity contribution < 1.29 is 23.4 Å². The fourth-order valence-corrected chi connectivity index (χ4v) is 2.43. The molecule has 7 heteroatoms. The molecule has 0 amide bonds. The maximum Gasteiger partial charge on any atom is 0.244 e. The second-order valence-corrected chi connectivity index (χ2v) is 5.07. The van der Waals surface area contributed by atoms with E-state index in [9.17, 15) is 8.42 Å². The zero-order chi connectivity index (χ0) is 12.9. The van der Waals surface area contributed by atoms with Gasteiger partial charge in [0.05, 0.1) is 19.8 Å². The van der Waals surface area contributed by atoms with E-state index < -0.39 is 22.7 Å². The van der Waals surface area contributed by atoms with E-state index in [2.05, 4.69) is 4.72 Å². The lowest BCUT2D eigenvalue weighted by Crippen LogP contribution is -2.34. The molecule has 0 radical (unpaired) electrons. The molecule has 1 rings (SSSR count). The summed E-state index contributed by atoms with van der Waals surface area (Å²) in [5.74, 6) is 0.221. The van der Waals surface area contributed by atoms with Gasteiger partial charge >= 0.3 is 0 Å². The van der Waals surface area contributed by atoms with E-state index in [-0.39, 0.29) is 17.2 Å². The molecule has 0 aliphatic carbocycles. The van der Waals surface area contributed by atoms with Crippen molar-refractivity contribution in [1.82, 2.24) is 4.72 Å². The van der Waals surface area contributed by atoms with Crippen LogP contribution in [0.4, 0.5) is 0 Å². The third kappa shape index (κ3) is 3.67. The van der Waals surface area contributed by atoms with Gasteiger partial charge in [-0.2, -0.15) is 0 Å². The molecule has 1 aromatic carbocycles. The number of hydrogen-bond donors (Lipinski definition) is 3. The van der Waals surface area contributed by atoms with E-state index >= 15 is 0 Å². The molecule has 3 N–H and O–H groups in total. The first-order chi connectivity index (χ1) is 8.01. The number of nitrogens with one attached hydrogen (secondary N) is 1. The minimum atomic E-state index is -3.75. The molecular formula is C10H15NO5S. The summed E-state index contributed by atoms with van der Waals surface area (Å²) < 4.78 is 30.8. The molecule has 0 aliphatic rings. The van der Waals surface area contributed by atoms with Gasteiger partial charge in [-0.25, -0.2) is 13.1 Å². The Morgan fingerprint density at radius 2 is 2.06 bits per heavy atom. The lowest BCUT2D eigenvalue weighted by atomic mass is 10.3. The Bertz CT molecular complexity index is 460. The van der Waals surface area contributed by atoms with Gasteiger partial charge in [0.15, 0.2) is 0 Å². The molecule has 1 atom stereocenters. The fourth-order valence-electron chi connectivity index (χ4n) is 1.19. The van der Waals surface area contributed by atoms with Crippen LogP contribution in [0.5, 0.6) is 5.75 Å². The van der Waals surface area contributed by atoms with Gasteiger partial charge in [-0.1, -0.05) is 12.1 Å². The van der Waals surface area contributed by atoms with Gasteiger partial charge in [0.1, 0.15) is 10.6 Å². The summed E-state index contributed by atoms with van der Waals surface area (Å²) in [5.41, 5.74) is 0. The summed E-state index contributed by atoms with van der Waals surface area (Å²) in [5, 5.41) is 17.7. The first kappa shape index (κ1) is 13.9. The van der Waals surface area contributed by atoms with Gasteiger partial charge < -0.3 is 14.9 Å². The van der Waals surface area contributed by atoms with Gasteiger partial charge in [0.2, 0.25) is 10.0 Å². The average molecular weight is 261 g/mol. The van der Waals surface area contributed by atoms with Crippen molar-refractivity contribution in [2.24, 2.45) is 0 Å². The highest BCUT2D eigenvalue weighted by Crippen LogP contribution is 2.22. The van der Waals surface area contributed by atoms with Crippen molar-refractivity contribution in [1.29, 1.82) is 0 Å². The molecule has 0 saturated heterocycles. The van der Waals surface area contributed by atoms with Crippen molar-refractivity contribution in [2.75, 3.05) is 20.3 Å². The summed E-state index contributed by atoms with van der Waals surface area (Å²) >= 11 is 0. The van der Waals surface area contributed by atoms with Crippen molar-refractivity contribution in [3.63, 3.8) is 0 Å². The summed E-state index contributed by atoms with van der Waals surface area (Å²) in [6.07, 6.45) is -1.13. The Morgan fingerprint density at radius 3 is 2.65 bits per heavy atom. The first-order valence-corrected chi connectivity index (χ1v) is 6.41. The summed E-state index contributed by atoms with van der Waals surface area (Å²) in [4.78, 5) is -0.00682. The predicted octanol–water partition coefficient (Wildman–Crippen LogP) is -0.673. The largest absolute Gasteiger partial charge is 0.495 e. The lowest BCUT2D eigenvalue weighted by molar-refractivity contribution is 0.0988. The van der Waals surface area contributed by atoms with E-state index in [1.807, 2.05) is 0 Å². The number of aliphatic hydroxyl groups is 2. The molecule has 6 nitrogen and oxygen atoms in total. The average Bonchev–Trinajstić information content (AvgIpc) is 2.35. The molecule has 0 heterocycles. The van der Waals surface area contributed by atoms with E-state index in [1.165, 1.54) is 19.2 Å². The second kappa shape index (κ2) is 5.97. The zero-order valence-electron chi connectivity index (χ0n) is 9.33. The van der Waals surface area contributed by atoms with Crippen LogP contribution in [-0.2, 0) is 10.0 Å². The number of hydrogen-bond acceptors (Lipinski definition) is 5. The van der Waals surface area contributed by atoms with Crippen molar-refractivity contribution in [3.05, 3.63) is 24.3 Å². The topological polar surface area (TPSA) is 95.9 Å². The van der Waals surface area contributed by atoms with Crippen LogP contribution >= 0.6 is 0 Å². The first-order valence-electron chi connectivity index (χ1n) is 4.93. The van der Waals surface area contributed by atoms with Crippen molar-refractivity contribution >= 4 is 10.0 Å². The van der Waals surface area contributed by atoms with Gasteiger partial charge in [-0.15, -0.1) is 0 Å². The molecule has 0 aliphatic heterocycles. The van der Waals surface area contributed by atoms with Crippen LogP contribution in [0.3, 0.4) is 0 Å². The van der Waals surface area contributed by atoms with Crippen LogP contribution in [0.25, 0.3) is 0 Å². The Labute approximate surface area is 99.9 Å². The minimum Gasteiger partial charge on any atom is -0.495 e. The Morgan fingerprint density at radius 1 is 1.41 bits per heavy atom. The quantitative estimate of drug-likeness (QED) is 0.631. The van der Waals surface area contributed by atoms with Crippen molar-refractivity contribution in [3.8, 4) is 5.75 Å². The minimum absolute atomic E-state index is 0.00682. The monoisotopic (exact) mass is 261 g/mol. The van der Waals surface area contributed by atoms with Crippen LogP contribution in [0.1, 0.15) is 0 Å². The number of ether oxygens (including phenoxy) is 1. The maximum atomic E-state index is 11.8. The number of sulfonamides is 1. The molecule has 0 fully saturated rings. The van der Waals surface area contributed by atoms with Gasteiger partial charge in [-0.05, 0) is 12.1 Å². The summed E-state index contributed by atoms with van der Waals surface area (Å²) in [7, 11) is -2.38. The number of methoxy groups -OCH3 is 1. The van der Waals surface area contributed by atoms with Crippen LogP contribution in [0, 0.1) is 0 Å². The molecule has 0 spiro atoms. The molecule has 0 bridgehead atoms. The Kier molecular flexibility index (Phi) is 4.88. The molecule has 96 valence electrons. The van der Waals surface area contributed by atoms with E-state index in [0.29, 0.717) is 0 Å². The third-order valence-corrected chi connectivity index (χ3v) is 3.54. The highest BCUT2D eigenvalue weighted by atomic mass is 32.2. The van der Waals surface area contributed by atoms with Crippen LogP contribution < -0.4 is 9.46 Å². The predicted molar refractivity (Wildman–Crippen MR) is 61.3 cm³/mol. The second-order valence-electron chi connectivity index (χ2n) is 3.34. The number of rotatable bonds is 6. The number of benzene rings is 1. The highest BCUT2D eigenvalue weighted by Gasteiger charge is 2.19. The molecule has 1 aromatic rings. The Hall–Kier alpha value is -1.15. The summed E-state index contributed by atoms with van der Waals surface area (Å²) in [6, 6.07) is 6.14.